The third kappa shape index (κ3) is 4.17. The van der Waals surface area contributed by atoms with Crippen LogP contribution in [0.4, 0.5) is 5.69 Å². The van der Waals surface area contributed by atoms with Crippen molar-refractivity contribution in [3.63, 3.8) is 0 Å². The molecular weight excluding hydrogens is 240 g/mol. The van der Waals surface area contributed by atoms with Crippen molar-refractivity contribution in [3.05, 3.63) is 51.6 Å². The second-order valence-corrected chi connectivity index (χ2v) is 4.25. The highest BCUT2D eigenvalue weighted by atomic mass is 35.5. The summed E-state index contributed by atoms with van der Waals surface area (Å²) in [5, 5.41) is 14.4. The van der Waals surface area contributed by atoms with Crippen LogP contribution < -0.4 is 5.32 Å². The van der Waals surface area contributed by atoms with Crippen LogP contribution in [0.2, 0.25) is 0 Å². The average Bonchev–Trinajstić information content (AvgIpc) is 2.30. The van der Waals surface area contributed by atoms with Crippen molar-refractivity contribution in [3.8, 4) is 0 Å². The Hall–Kier alpha value is -1.39. The molecule has 0 aliphatic heterocycles. The zero-order valence-electron chi connectivity index (χ0n) is 9.65. The van der Waals surface area contributed by atoms with Crippen LogP contribution >= 0.6 is 11.6 Å². The molecule has 17 heavy (non-hydrogen) atoms. The number of rotatable bonds is 6. The van der Waals surface area contributed by atoms with Crippen LogP contribution in [0.3, 0.4) is 0 Å². The monoisotopic (exact) mass is 254 g/mol. The first-order valence-electron chi connectivity index (χ1n) is 5.35. The fourth-order valence-corrected chi connectivity index (χ4v) is 1.66. The molecule has 0 heterocycles. The van der Waals surface area contributed by atoms with Crippen LogP contribution in [0.15, 0.2) is 35.9 Å². The molecule has 1 aromatic rings. The number of hydrogen-bond donors (Lipinski definition) is 1. The number of non-ortho nitro benzene ring substituents is 1. The molecule has 0 fully saturated rings. The maximum atomic E-state index is 10.7. The highest BCUT2D eigenvalue weighted by Gasteiger charge is 2.12. The summed E-state index contributed by atoms with van der Waals surface area (Å²) in [7, 11) is 0. The Bertz CT molecular complexity index is 421. The SMILES string of the molecule is C=C(Cl)CNC(CC)c1cccc([N+](=O)[O-])c1. The molecule has 1 atom stereocenters. The van der Waals surface area contributed by atoms with Crippen molar-refractivity contribution in [2.45, 2.75) is 19.4 Å². The van der Waals surface area contributed by atoms with Crippen LogP contribution in [0.1, 0.15) is 24.9 Å². The van der Waals surface area contributed by atoms with E-state index in [9.17, 15) is 10.1 Å². The van der Waals surface area contributed by atoms with Crippen LogP contribution in [-0.4, -0.2) is 11.5 Å². The highest BCUT2D eigenvalue weighted by molar-refractivity contribution is 6.29. The fourth-order valence-electron chi connectivity index (χ4n) is 1.59. The molecule has 4 nitrogen and oxygen atoms in total. The van der Waals surface area contributed by atoms with Gasteiger partial charge in [-0.3, -0.25) is 10.1 Å². The normalized spacial score (nSPS) is 12.1. The Morgan fingerprint density at radius 3 is 2.88 bits per heavy atom. The van der Waals surface area contributed by atoms with Gasteiger partial charge in [0.25, 0.3) is 5.69 Å². The van der Waals surface area contributed by atoms with Gasteiger partial charge in [0, 0.05) is 29.8 Å². The van der Waals surface area contributed by atoms with Crippen molar-refractivity contribution in [2.75, 3.05) is 6.54 Å². The van der Waals surface area contributed by atoms with Crippen molar-refractivity contribution in [1.82, 2.24) is 5.32 Å². The zero-order chi connectivity index (χ0) is 12.8. The Kier molecular flexibility index (Phi) is 5.12. The zero-order valence-corrected chi connectivity index (χ0v) is 10.4. The summed E-state index contributed by atoms with van der Waals surface area (Å²) in [6, 6.07) is 6.67. The van der Waals surface area contributed by atoms with Crippen LogP contribution in [0.25, 0.3) is 0 Å². The van der Waals surface area contributed by atoms with Crippen molar-refractivity contribution < 1.29 is 4.92 Å². The van der Waals surface area contributed by atoms with Crippen LogP contribution in [0.5, 0.6) is 0 Å². The second kappa shape index (κ2) is 6.37. The van der Waals surface area contributed by atoms with E-state index < -0.39 is 4.92 Å². The number of halogens is 1. The summed E-state index contributed by atoms with van der Waals surface area (Å²) in [4.78, 5) is 10.3. The molecule has 0 spiro atoms. The molecule has 5 heteroatoms. The first kappa shape index (κ1) is 13.7. The number of hydrogen-bond acceptors (Lipinski definition) is 3. The van der Waals surface area contributed by atoms with Gasteiger partial charge in [0.1, 0.15) is 0 Å². The van der Waals surface area contributed by atoms with E-state index in [4.69, 9.17) is 11.6 Å². The molecule has 1 unspecified atom stereocenters. The lowest BCUT2D eigenvalue weighted by Crippen LogP contribution is -2.21. The molecule has 0 bridgehead atoms. The summed E-state index contributed by atoms with van der Waals surface area (Å²) in [6.45, 7) is 6.09. The number of benzene rings is 1. The molecule has 0 saturated heterocycles. The number of nitro groups is 1. The largest absolute Gasteiger partial charge is 0.305 e. The molecule has 0 saturated carbocycles. The second-order valence-electron chi connectivity index (χ2n) is 3.71. The Morgan fingerprint density at radius 2 is 2.35 bits per heavy atom. The van der Waals surface area contributed by atoms with Gasteiger partial charge in [-0.25, -0.2) is 0 Å². The van der Waals surface area contributed by atoms with E-state index in [1.165, 1.54) is 6.07 Å². The van der Waals surface area contributed by atoms with Gasteiger partial charge in [0.05, 0.1) is 4.92 Å². The van der Waals surface area contributed by atoms with E-state index in [1.807, 2.05) is 13.0 Å². The van der Waals surface area contributed by atoms with E-state index >= 15 is 0 Å². The summed E-state index contributed by atoms with van der Waals surface area (Å²) in [5.41, 5.74) is 0.993. The fraction of sp³-hybridized carbons (Fsp3) is 0.333. The third-order valence-electron chi connectivity index (χ3n) is 2.43. The maximum absolute atomic E-state index is 10.7. The van der Waals surface area contributed by atoms with Gasteiger partial charge in [-0.05, 0) is 12.0 Å². The molecule has 0 aliphatic carbocycles. The molecule has 1 N–H and O–H groups in total. The third-order valence-corrected chi connectivity index (χ3v) is 2.57. The van der Waals surface area contributed by atoms with E-state index in [-0.39, 0.29) is 11.7 Å². The van der Waals surface area contributed by atoms with Crippen molar-refractivity contribution in [1.29, 1.82) is 0 Å². The van der Waals surface area contributed by atoms with E-state index in [0.29, 0.717) is 11.6 Å². The number of nitrogens with one attached hydrogen (secondary N) is 1. The quantitative estimate of drug-likeness (QED) is 0.625. The van der Waals surface area contributed by atoms with Gasteiger partial charge >= 0.3 is 0 Å². The van der Waals surface area contributed by atoms with Gasteiger partial charge in [-0.1, -0.05) is 37.2 Å². The van der Waals surface area contributed by atoms with E-state index in [0.717, 1.165) is 12.0 Å². The lowest BCUT2D eigenvalue weighted by molar-refractivity contribution is -0.384. The van der Waals surface area contributed by atoms with Gasteiger partial charge in [0.2, 0.25) is 0 Å². The molecule has 0 radical (unpaired) electrons. The van der Waals surface area contributed by atoms with Crippen molar-refractivity contribution >= 4 is 17.3 Å². The summed E-state index contributed by atoms with van der Waals surface area (Å²) < 4.78 is 0. The summed E-state index contributed by atoms with van der Waals surface area (Å²) in [5.74, 6) is 0. The minimum atomic E-state index is -0.392. The number of nitrogens with zero attached hydrogens (tertiary/aromatic N) is 1. The lowest BCUT2D eigenvalue weighted by atomic mass is 10.0. The Labute approximate surface area is 105 Å². The Balaban J connectivity index is 2.84. The molecule has 0 amide bonds. The maximum Gasteiger partial charge on any atom is 0.269 e. The first-order valence-corrected chi connectivity index (χ1v) is 5.73. The van der Waals surface area contributed by atoms with Crippen molar-refractivity contribution in [2.24, 2.45) is 0 Å². The molecule has 1 aromatic carbocycles. The van der Waals surface area contributed by atoms with Gasteiger partial charge in [0.15, 0.2) is 0 Å². The number of nitro benzene ring substituents is 1. The predicted molar refractivity (Wildman–Crippen MR) is 69.1 cm³/mol. The van der Waals surface area contributed by atoms with Crippen LogP contribution in [0, 0.1) is 10.1 Å². The minimum Gasteiger partial charge on any atom is -0.305 e. The van der Waals surface area contributed by atoms with E-state index in [2.05, 4.69) is 11.9 Å². The molecule has 92 valence electrons. The van der Waals surface area contributed by atoms with Gasteiger partial charge < -0.3 is 5.32 Å². The first-order chi connectivity index (χ1) is 8.04. The molecular formula is C12H15ClN2O2. The van der Waals surface area contributed by atoms with Gasteiger partial charge in [-0.2, -0.15) is 0 Å². The molecule has 0 aromatic heterocycles. The smallest absolute Gasteiger partial charge is 0.269 e. The lowest BCUT2D eigenvalue weighted by Gasteiger charge is -2.16. The van der Waals surface area contributed by atoms with Gasteiger partial charge in [-0.15, -0.1) is 0 Å². The minimum absolute atomic E-state index is 0.0467. The topological polar surface area (TPSA) is 55.2 Å². The highest BCUT2D eigenvalue weighted by Crippen LogP contribution is 2.21. The molecule has 0 aliphatic rings. The summed E-state index contributed by atoms with van der Waals surface area (Å²) in [6.07, 6.45) is 0.825. The average molecular weight is 255 g/mol. The standard InChI is InChI=1S/C12H15ClN2O2/c1-3-12(14-8-9(2)13)10-5-4-6-11(7-10)15(16)17/h4-7,12,14H,2-3,8H2,1H3. The van der Waals surface area contributed by atoms with E-state index in [1.54, 1.807) is 12.1 Å². The summed E-state index contributed by atoms with van der Waals surface area (Å²) >= 11 is 5.68. The Morgan fingerprint density at radius 1 is 1.65 bits per heavy atom. The van der Waals surface area contributed by atoms with Crippen LogP contribution in [-0.2, 0) is 0 Å². The molecule has 1 rings (SSSR count). The predicted octanol–water partition coefficient (Wildman–Crippen LogP) is 3.39.